The molecule has 1 amide bonds. The molecule has 1 N–H and O–H groups in total. The Kier molecular flexibility index (Phi) is 3.64. The lowest BCUT2D eigenvalue weighted by molar-refractivity contribution is -0.129. The molecule has 0 bridgehead atoms. The summed E-state index contributed by atoms with van der Waals surface area (Å²) in [7, 11) is 3.48. The molecule has 0 fully saturated rings. The van der Waals surface area contributed by atoms with Crippen molar-refractivity contribution in [3.8, 4) is 0 Å². The highest BCUT2D eigenvalue weighted by Crippen LogP contribution is 2.23. The summed E-state index contributed by atoms with van der Waals surface area (Å²) >= 11 is 0. The first-order valence-corrected chi connectivity index (χ1v) is 6.18. The number of likely N-dealkylation sites (N-methyl/N-ethyl adjacent to an activating group) is 1. The number of anilines is 1. The Labute approximate surface area is 112 Å². The van der Waals surface area contributed by atoms with Crippen LogP contribution < -0.4 is 5.32 Å². The number of hydrogen-bond acceptors (Lipinski definition) is 4. The monoisotopic (exact) mass is 258 g/mol. The molecule has 0 saturated carbocycles. The van der Waals surface area contributed by atoms with Gasteiger partial charge < -0.3 is 10.2 Å². The fraction of sp³-hybridized carbons (Fsp3) is 0.357. The smallest absolute Gasteiger partial charge is 0.244 e. The molecule has 2 rings (SSSR count). The third kappa shape index (κ3) is 2.65. The average Bonchev–Trinajstić information content (AvgIpc) is 2.38. The van der Waals surface area contributed by atoms with E-state index in [1.165, 1.54) is 6.33 Å². The van der Waals surface area contributed by atoms with E-state index in [1.807, 2.05) is 32.0 Å². The van der Waals surface area contributed by atoms with Crippen LogP contribution >= 0.6 is 0 Å². The number of aromatic nitrogens is 2. The number of benzene rings is 1. The number of rotatable bonds is 3. The summed E-state index contributed by atoms with van der Waals surface area (Å²) in [5, 5.41) is 4.13. The first kappa shape index (κ1) is 13.3. The molecule has 100 valence electrons. The highest BCUT2D eigenvalue weighted by Gasteiger charge is 2.16. The fourth-order valence-corrected chi connectivity index (χ4v) is 2.04. The van der Waals surface area contributed by atoms with Crippen molar-refractivity contribution in [2.75, 3.05) is 19.4 Å². The predicted octanol–water partition coefficient (Wildman–Crippen LogP) is 1.83. The van der Waals surface area contributed by atoms with Gasteiger partial charge in [0.25, 0.3) is 0 Å². The molecule has 5 nitrogen and oxygen atoms in total. The summed E-state index contributed by atoms with van der Waals surface area (Å²) in [4.78, 5) is 22.0. The van der Waals surface area contributed by atoms with Crippen molar-refractivity contribution >= 4 is 22.6 Å². The third-order valence-electron chi connectivity index (χ3n) is 3.04. The van der Waals surface area contributed by atoms with Crippen molar-refractivity contribution in [1.29, 1.82) is 0 Å². The van der Waals surface area contributed by atoms with Gasteiger partial charge in [-0.15, -0.1) is 0 Å². The van der Waals surface area contributed by atoms with Crippen LogP contribution in [0.25, 0.3) is 10.9 Å². The number of carbonyl (C=O) groups excluding carboxylic acids is 1. The molecule has 0 radical (unpaired) electrons. The van der Waals surface area contributed by atoms with Crippen LogP contribution in [0.3, 0.4) is 0 Å². The highest BCUT2D eigenvalue weighted by atomic mass is 16.2. The first-order chi connectivity index (χ1) is 9.00. The number of aryl methyl sites for hydroxylation is 1. The summed E-state index contributed by atoms with van der Waals surface area (Å²) < 4.78 is 0. The van der Waals surface area contributed by atoms with Gasteiger partial charge in [-0.1, -0.05) is 12.1 Å². The summed E-state index contributed by atoms with van der Waals surface area (Å²) in [6.07, 6.45) is 1.51. The Morgan fingerprint density at radius 3 is 2.74 bits per heavy atom. The van der Waals surface area contributed by atoms with Gasteiger partial charge in [0.05, 0.1) is 5.52 Å². The molecule has 0 saturated heterocycles. The average molecular weight is 258 g/mol. The molecule has 0 spiro atoms. The van der Waals surface area contributed by atoms with Crippen molar-refractivity contribution in [3.63, 3.8) is 0 Å². The molecule has 2 aromatic rings. The van der Waals surface area contributed by atoms with Crippen LogP contribution in [0, 0.1) is 6.92 Å². The van der Waals surface area contributed by atoms with Crippen LogP contribution in [0.15, 0.2) is 24.5 Å². The summed E-state index contributed by atoms with van der Waals surface area (Å²) in [6, 6.07) is 5.58. The van der Waals surface area contributed by atoms with Gasteiger partial charge in [0.15, 0.2) is 0 Å². The van der Waals surface area contributed by atoms with Crippen molar-refractivity contribution in [3.05, 3.63) is 30.1 Å². The first-order valence-electron chi connectivity index (χ1n) is 6.18. The maximum atomic E-state index is 11.9. The van der Waals surface area contributed by atoms with Gasteiger partial charge in [-0.25, -0.2) is 9.97 Å². The number of nitrogens with one attached hydrogen (secondary N) is 1. The van der Waals surface area contributed by atoms with Gasteiger partial charge >= 0.3 is 0 Å². The molecule has 0 unspecified atom stereocenters. The zero-order valence-corrected chi connectivity index (χ0v) is 11.6. The second-order valence-corrected chi connectivity index (χ2v) is 4.79. The van der Waals surface area contributed by atoms with E-state index in [0.29, 0.717) is 5.82 Å². The van der Waals surface area contributed by atoms with E-state index in [9.17, 15) is 4.79 Å². The summed E-state index contributed by atoms with van der Waals surface area (Å²) in [5.74, 6) is 0.714. The van der Waals surface area contributed by atoms with E-state index in [4.69, 9.17) is 0 Å². The van der Waals surface area contributed by atoms with Gasteiger partial charge in [-0.05, 0) is 25.5 Å². The van der Waals surface area contributed by atoms with Gasteiger partial charge in [0.1, 0.15) is 18.2 Å². The topological polar surface area (TPSA) is 58.1 Å². The number of carbonyl (C=O) groups is 1. The molecule has 1 aromatic carbocycles. The quantitative estimate of drug-likeness (QED) is 0.912. The molecule has 0 aliphatic carbocycles. The van der Waals surface area contributed by atoms with Crippen LogP contribution in [0.4, 0.5) is 5.82 Å². The van der Waals surface area contributed by atoms with E-state index >= 15 is 0 Å². The second kappa shape index (κ2) is 5.22. The Balaban J connectivity index is 2.38. The lowest BCUT2D eigenvalue weighted by atomic mass is 10.1. The Bertz CT molecular complexity index is 604. The van der Waals surface area contributed by atoms with Crippen LogP contribution in [-0.2, 0) is 4.79 Å². The molecule has 1 atom stereocenters. The zero-order chi connectivity index (χ0) is 14.0. The lowest BCUT2D eigenvalue weighted by Gasteiger charge is -2.19. The lowest BCUT2D eigenvalue weighted by Crippen LogP contribution is -2.36. The van der Waals surface area contributed by atoms with Crippen molar-refractivity contribution in [2.24, 2.45) is 0 Å². The molecule has 1 aromatic heterocycles. The van der Waals surface area contributed by atoms with Crippen molar-refractivity contribution < 1.29 is 4.79 Å². The maximum absolute atomic E-state index is 11.9. The van der Waals surface area contributed by atoms with Crippen LogP contribution in [-0.4, -0.2) is 40.9 Å². The standard InChI is InChI=1S/C14H18N4O/c1-9-6-5-7-11-12(9)13(16-8-15-11)17-10(2)14(19)18(3)4/h5-8,10H,1-4H3,(H,15,16,17)/t10-/m0/s1. The maximum Gasteiger partial charge on any atom is 0.244 e. The SMILES string of the molecule is Cc1cccc2ncnc(N[C@@H](C)C(=O)N(C)C)c12. The van der Waals surface area contributed by atoms with E-state index in [2.05, 4.69) is 15.3 Å². The minimum absolute atomic E-state index is 0.0142. The molecular formula is C14H18N4O. The molecule has 19 heavy (non-hydrogen) atoms. The molecular weight excluding hydrogens is 240 g/mol. The number of fused-ring (bicyclic) bond motifs is 1. The Morgan fingerprint density at radius 1 is 1.32 bits per heavy atom. The van der Waals surface area contributed by atoms with Crippen molar-refractivity contribution in [1.82, 2.24) is 14.9 Å². The highest BCUT2D eigenvalue weighted by molar-refractivity contribution is 5.93. The summed E-state index contributed by atoms with van der Waals surface area (Å²) in [6.45, 7) is 3.84. The van der Waals surface area contributed by atoms with E-state index in [-0.39, 0.29) is 11.9 Å². The van der Waals surface area contributed by atoms with Gasteiger partial charge in [0.2, 0.25) is 5.91 Å². The zero-order valence-electron chi connectivity index (χ0n) is 11.6. The number of hydrogen-bond donors (Lipinski definition) is 1. The normalized spacial score (nSPS) is 12.2. The number of nitrogens with zero attached hydrogens (tertiary/aromatic N) is 3. The third-order valence-corrected chi connectivity index (χ3v) is 3.04. The molecule has 0 aliphatic rings. The van der Waals surface area contributed by atoms with E-state index < -0.39 is 0 Å². The second-order valence-electron chi connectivity index (χ2n) is 4.79. The Hall–Kier alpha value is -2.17. The fourth-order valence-electron chi connectivity index (χ4n) is 2.04. The predicted molar refractivity (Wildman–Crippen MR) is 76.1 cm³/mol. The van der Waals surface area contributed by atoms with E-state index in [1.54, 1.807) is 19.0 Å². The largest absolute Gasteiger partial charge is 0.358 e. The number of amides is 1. The Morgan fingerprint density at radius 2 is 2.05 bits per heavy atom. The molecule has 5 heteroatoms. The van der Waals surface area contributed by atoms with Crippen LogP contribution in [0.2, 0.25) is 0 Å². The summed E-state index contributed by atoms with van der Waals surface area (Å²) in [5.41, 5.74) is 1.96. The van der Waals surface area contributed by atoms with Crippen LogP contribution in [0.5, 0.6) is 0 Å². The molecule has 0 aliphatic heterocycles. The van der Waals surface area contributed by atoms with Crippen molar-refractivity contribution in [2.45, 2.75) is 19.9 Å². The molecule has 1 heterocycles. The minimum Gasteiger partial charge on any atom is -0.358 e. The van der Waals surface area contributed by atoms with Gasteiger partial charge in [-0.2, -0.15) is 0 Å². The van der Waals surface area contributed by atoms with Crippen LogP contribution in [0.1, 0.15) is 12.5 Å². The minimum atomic E-state index is -0.326. The van der Waals surface area contributed by atoms with Gasteiger partial charge in [0, 0.05) is 19.5 Å². The van der Waals surface area contributed by atoms with Gasteiger partial charge in [-0.3, -0.25) is 4.79 Å². The van der Waals surface area contributed by atoms with E-state index in [0.717, 1.165) is 16.5 Å².